The Morgan fingerprint density at radius 3 is 2.90 bits per heavy atom. The van der Waals surface area contributed by atoms with Gasteiger partial charge in [-0.1, -0.05) is 6.07 Å². The van der Waals surface area contributed by atoms with Crippen LogP contribution in [0.25, 0.3) is 10.9 Å². The molecular weight excluding hydrogens is 268 g/mol. The molecule has 2 heterocycles. The number of methoxy groups -OCH3 is 1. The van der Waals surface area contributed by atoms with Gasteiger partial charge >= 0.3 is 0 Å². The molecule has 3 rings (SSSR count). The van der Waals surface area contributed by atoms with Gasteiger partial charge in [0, 0.05) is 12.4 Å². The van der Waals surface area contributed by atoms with E-state index in [9.17, 15) is 4.79 Å². The van der Waals surface area contributed by atoms with Gasteiger partial charge in [0.15, 0.2) is 0 Å². The monoisotopic (exact) mass is 284 g/mol. The summed E-state index contributed by atoms with van der Waals surface area (Å²) in [5.41, 5.74) is 0.520. The van der Waals surface area contributed by atoms with Gasteiger partial charge in [0.1, 0.15) is 11.3 Å². The topological polar surface area (TPSA) is 61.9 Å². The highest BCUT2D eigenvalue weighted by Crippen LogP contribution is 2.20. The maximum Gasteiger partial charge on any atom is 0.261 e. The molecule has 0 unspecified atom stereocenters. The molecule has 0 aliphatic carbocycles. The number of aromatic nitrogens is 4. The predicted molar refractivity (Wildman–Crippen MR) is 79.5 cm³/mol. The second kappa shape index (κ2) is 5.40. The van der Waals surface area contributed by atoms with Crippen LogP contribution < -0.4 is 10.3 Å². The zero-order valence-corrected chi connectivity index (χ0v) is 11.9. The summed E-state index contributed by atoms with van der Waals surface area (Å²) in [5.74, 6) is 0.608. The number of hydrogen-bond acceptors (Lipinski definition) is 4. The summed E-state index contributed by atoms with van der Waals surface area (Å²) >= 11 is 0. The fourth-order valence-corrected chi connectivity index (χ4v) is 2.39. The third kappa shape index (κ3) is 2.40. The Balaban J connectivity index is 2.04. The standard InChI is InChI=1S/C15H16N4O2/c1-11(9-18-8-4-7-17-18)19-10-16-14-12(15(19)20)5-3-6-13(14)21-2/h3-8,10-11H,9H2,1-2H3/t11-/m0/s1. The largest absolute Gasteiger partial charge is 0.494 e. The van der Waals surface area contributed by atoms with Crippen LogP contribution in [-0.2, 0) is 6.54 Å². The normalized spacial score (nSPS) is 12.5. The molecule has 108 valence electrons. The molecule has 0 N–H and O–H groups in total. The second-order valence-corrected chi connectivity index (χ2v) is 4.89. The maximum absolute atomic E-state index is 12.6. The fraction of sp³-hybridized carbons (Fsp3) is 0.267. The van der Waals surface area contributed by atoms with E-state index in [1.807, 2.05) is 19.2 Å². The van der Waals surface area contributed by atoms with Crippen molar-refractivity contribution >= 4 is 10.9 Å². The van der Waals surface area contributed by atoms with Gasteiger partial charge in [0.05, 0.1) is 31.4 Å². The van der Waals surface area contributed by atoms with Crippen LogP contribution in [-0.4, -0.2) is 26.4 Å². The first-order valence-electron chi connectivity index (χ1n) is 6.72. The molecule has 0 bridgehead atoms. The molecule has 1 aromatic carbocycles. The first kappa shape index (κ1) is 13.4. The molecule has 21 heavy (non-hydrogen) atoms. The van der Waals surface area contributed by atoms with Crippen molar-refractivity contribution in [3.05, 3.63) is 53.3 Å². The summed E-state index contributed by atoms with van der Waals surface area (Å²) in [4.78, 5) is 17.0. The van der Waals surface area contributed by atoms with Crippen molar-refractivity contribution in [2.75, 3.05) is 7.11 Å². The first-order chi connectivity index (χ1) is 10.2. The van der Waals surface area contributed by atoms with Gasteiger partial charge in [-0.3, -0.25) is 14.0 Å². The highest BCUT2D eigenvalue weighted by Gasteiger charge is 2.12. The van der Waals surface area contributed by atoms with E-state index in [0.29, 0.717) is 23.2 Å². The third-order valence-corrected chi connectivity index (χ3v) is 3.48. The van der Waals surface area contributed by atoms with E-state index in [1.54, 1.807) is 47.1 Å². The summed E-state index contributed by atoms with van der Waals surface area (Å²) in [7, 11) is 1.57. The molecule has 1 atom stereocenters. The van der Waals surface area contributed by atoms with Crippen LogP contribution in [0.4, 0.5) is 0 Å². The number of para-hydroxylation sites is 1. The van der Waals surface area contributed by atoms with Gasteiger partial charge in [0.2, 0.25) is 0 Å². The molecule has 0 spiro atoms. The number of hydrogen-bond donors (Lipinski definition) is 0. The molecule has 0 radical (unpaired) electrons. The molecule has 0 saturated carbocycles. The molecule has 0 amide bonds. The van der Waals surface area contributed by atoms with Crippen molar-refractivity contribution in [3.63, 3.8) is 0 Å². The zero-order chi connectivity index (χ0) is 14.8. The number of fused-ring (bicyclic) bond motifs is 1. The van der Waals surface area contributed by atoms with Crippen LogP contribution in [0, 0.1) is 0 Å². The van der Waals surface area contributed by atoms with E-state index in [4.69, 9.17) is 4.74 Å². The summed E-state index contributed by atoms with van der Waals surface area (Å²) in [6, 6.07) is 7.18. The Morgan fingerprint density at radius 2 is 2.19 bits per heavy atom. The highest BCUT2D eigenvalue weighted by atomic mass is 16.5. The summed E-state index contributed by atoms with van der Waals surface area (Å²) in [6.07, 6.45) is 5.17. The Bertz CT molecular complexity index is 808. The molecule has 2 aromatic heterocycles. The van der Waals surface area contributed by atoms with Crippen LogP contribution in [0.15, 0.2) is 47.8 Å². The molecule has 0 aliphatic rings. The Labute approximate surface area is 121 Å². The smallest absolute Gasteiger partial charge is 0.261 e. The molecule has 0 aliphatic heterocycles. The predicted octanol–water partition coefficient (Wildman–Crippen LogP) is 1.86. The maximum atomic E-state index is 12.6. The summed E-state index contributed by atoms with van der Waals surface area (Å²) < 4.78 is 8.67. The van der Waals surface area contributed by atoms with Gasteiger partial charge in [0.25, 0.3) is 5.56 Å². The van der Waals surface area contributed by atoms with Crippen LogP contribution in [0.2, 0.25) is 0 Å². The number of benzene rings is 1. The zero-order valence-electron chi connectivity index (χ0n) is 11.9. The minimum Gasteiger partial charge on any atom is -0.494 e. The number of ether oxygens (including phenoxy) is 1. The molecule has 3 aromatic rings. The minimum absolute atomic E-state index is 0.0412. The van der Waals surface area contributed by atoms with E-state index in [1.165, 1.54) is 0 Å². The van der Waals surface area contributed by atoms with E-state index in [-0.39, 0.29) is 11.6 Å². The molecule has 6 nitrogen and oxygen atoms in total. The van der Waals surface area contributed by atoms with Gasteiger partial charge < -0.3 is 4.74 Å². The SMILES string of the molecule is COc1cccc2c(=O)n([C@@H](C)Cn3cccn3)cnc12. The second-order valence-electron chi connectivity index (χ2n) is 4.89. The van der Waals surface area contributed by atoms with Gasteiger partial charge in [-0.05, 0) is 25.1 Å². The van der Waals surface area contributed by atoms with Crippen LogP contribution in [0.1, 0.15) is 13.0 Å². The van der Waals surface area contributed by atoms with Crippen molar-refractivity contribution in [1.82, 2.24) is 19.3 Å². The quantitative estimate of drug-likeness (QED) is 0.733. The summed E-state index contributed by atoms with van der Waals surface area (Å²) in [5, 5.41) is 4.72. The van der Waals surface area contributed by atoms with Crippen molar-refractivity contribution in [1.29, 1.82) is 0 Å². The van der Waals surface area contributed by atoms with Gasteiger partial charge in [-0.2, -0.15) is 5.10 Å². The number of rotatable bonds is 4. The fourth-order valence-electron chi connectivity index (χ4n) is 2.39. The van der Waals surface area contributed by atoms with Crippen molar-refractivity contribution in [3.8, 4) is 5.75 Å². The lowest BCUT2D eigenvalue weighted by molar-refractivity contribution is 0.415. The van der Waals surface area contributed by atoms with Gasteiger partial charge in [-0.15, -0.1) is 0 Å². The Kier molecular flexibility index (Phi) is 3.43. The third-order valence-electron chi connectivity index (χ3n) is 3.48. The summed E-state index contributed by atoms with van der Waals surface area (Å²) in [6.45, 7) is 2.58. The molecule has 0 saturated heterocycles. The first-order valence-corrected chi connectivity index (χ1v) is 6.72. The van der Waals surface area contributed by atoms with E-state index >= 15 is 0 Å². The van der Waals surface area contributed by atoms with E-state index in [2.05, 4.69) is 10.1 Å². The van der Waals surface area contributed by atoms with Gasteiger partial charge in [-0.25, -0.2) is 4.98 Å². The number of nitrogens with zero attached hydrogens (tertiary/aromatic N) is 4. The van der Waals surface area contributed by atoms with Crippen molar-refractivity contribution in [2.45, 2.75) is 19.5 Å². The highest BCUT2D eigenvalue weighted by molar-refractivity contribution is 5.83. The van der Waals surface area contributed by atoms with Crippen LogP contribution in [0.5, 0.6) is 5.75 Å². The van der Waals surface area contributed by atoms with Crippen molar-refractivity contribution in [2.24, 2.45) is 0 Å². The van der Waals surface area contributed by atoms with E-state index < -0.39 is 0 Å². The Hall–Kier alpha value is -2.63. The Morgan fingerprint density at radius 1 is 1.33 bits per heavy atom. The molecular formula is C15H16N4O2. The lowest BCUT2D eigenvalue weighted by Crippen LogP contribution is -2.26. The van der Waals surface area contributed by atoms with Crippen molar-refractivity contribution < 1.29 is 4.74 Å². The average molecular weight is 284 g/mol. The molecule has 6 heteroatoms. The van der Waals surface area contributed by atoms with Crippen LogP contribution in [0.3, 0.4) is 0 Å². The lowest BCUT2D eigenvalue weighted by atomic mass is 10.2. The molecule has 0 fully saturated rings. The van der Waals surface area contributed by atoms with Crippen LogP contribution >= 0.6 is 0 Å². The average Bonchev–Trinajstić information content (AvgIpc) is 3.00. The lowest BCUT2D eigenvalue weighted by Gasteiger charge is -2.15. The van der Waals surface area contributed by atoms with E-state index in [0.717, 1.165) is 0 Å². The minimum atomic E-state index is -0.0708.